The predicted molar refractivity (Wildman–Crippen MR) is 66.0 cm³/mol. The lowest BCUT2D eigenvalue weighted by Gasteiger charge is -2.16. The quantitative estimate of drug-likeness (QED) is 0.623. The van der Waals surface area contributed by atoms with Gasteiger partial charge in [-0.15, -0.1) is 12.3 Å². The first-order chi connectivity index (χ1) is 8.56. The fourth-order valence-corrected chi connectivity index (χ4v) is 1.38. The second-order valence-electron chi connectivity index (χ2n) is 3.69. The van der Waals surface area contributed by atoms with Gasteiger partial charge in [-0.3, -0.25) is 9.59 Å². The van der Waals surface area contributed by atoms with Crippen molar-refractivity contribution in [2.24, 2.45) is 5.73 Å². The van der Waals surface area contributed by atoms with Crippen molar-refractivity contribution in [2.75, 3.05) is 0 Å². The van der Waals surface area contributed by atoms with Crippen LogP contribution in [0.2, 0.25) is 0 Å². The van der Waals surface area contributed by atoms with Crippen LogP contribution in [0.4, 0.5) is 0 Å². The first-order valence-corrected chi connectivity index (χ1v) is 5.32. The number of nitrogens with one attached hydrogen (secondary N) is 1. The van der Waals surface area contributed by atoms with Crippen LogP contribution in [-0.2, 0) is 9.59 Å². The minimum Gasteiger partial charge on any atom is -0.378 e. The summed E-state index contributed by atoms with van der Waals surface area (Å²) in [6.07, 6.45) is 3.69. The van der Waals surface area contributed by atoms with Crippen LogP contribution in [0.5, 0.6) is 0 Å². The lowest BCUT2D eigenvalue weighted by atomic mass is 10.1. The van der Waals surface area contributed by atoms with E-state index in [0.29, 0.717) is 5.56 Å². The van der Waals surface area contributed by atoms with Gasteiger partial charge < -0.3 is 16.2 Å². The summed E-state index contributed by atoms with van der Waals surface area (Å²) in [5, 5.41) is 12.1. The van der Waals surface area contributed by atoms with E-state index in [-0.39, 0.29) is 6.42 Å². The molecule has 94 valence electrons. The zero-order valence-electron chi connectivity index (χ0n) is 9.67. The number of amides is 2. The van der Waals surface area contributed by atoms with Crippen molar-refractivity contribution in [3.8, 4) is 12.3 Å². The van der Waals surface area contributed by atoms with Gasteiger partial charge in [-0.2, -0.15) is 0 Å². The molecular formula is C13H14N2O3. The van der Waals surface area contributed by atoms with Crippen LogP contribution >= 0.6 is 0 Å². The standard InChI is InChI=1S/C13H14N2O3/c1-2-6-10(12(14)17)15-13(18)11(16)9-7-4-3-5-8-9/h1,3-5,7-8,10-11,16H,6H2,(H2,14,17)(H,15,18)/t10-,11+/m1/s1. The van der Waals surface area contributed by atoms with Gasteiger partial charge in [0.15, 0.2) is 6.10 Å². The molecule has 0 spiro atoms. The molecule has 1 aromatic rings. The van der Waals surface area contributed by atoms with E-state index in [4.69, 9.17) is 12.2 Å². The Morgan fingerprint density at radius 2 is 2.00 bits per heavy atom. The number of carbonyl (C=O) groups excluding carboxylic acids is 2. The van der Waals surface area contributed by atoms with Crippen LogP contribution in [0, 0.1) is 12.3 Å². The Labute approximate surface area is 105 Å². The lowest BCUT2D eigenvalue weighted by molar-refractivity contribution is -0.133. The summed E-state index contributed by atoms with van der Waals surface area (Å²) in [6.45, 7) is 0. The van der Waals surface area contributed by atoms with E-state index in [1.54, 1.807) is 30.3 Å². The summed E-state index contributed by atoms with van der Waals surface area (Å²) in [4.78, 5) is 22.7. The summed E-state index contributed by atoms with van der Waals surface area (Å²) in [7, 11) is 0. The van der Waals surface area contributed by atoms with Crippen LogP contribution in [0.25, 0.3) is 0 Å². The summed E-state index contributed by atoms with van der Waals surface area (Å²) in [6, 6.07) is 7.38. The number of aliphatic hydroxyl groups excluding tert-OH is 1. The number of rotatable bonds is 5. The van der Waals surface area contributed by atoms with Crippen LogP contribution in [0.1, 0.15) is 18.1 Å². The minimum absolute atomic E-state index is 0.0113. The molecule has 0 heterocycles. The molecular weight excluding hydrogens is 232 g/mol. The number of aliphatic hydroxyl groups is 1. The molecule has 0 saturated heterocycles. The van der Waals surface area contributed by atoms with Crippen LogP contribution < -0.4 is 11.1 Å². The van der Waals surface area contributed by atoms with E-state index in [2.05, 4.69) is 11.2 Å². The SMILES string of the molecule is C#CC[C@@H](NC(=O)[C@@H](O)c1ccccc1)C(N)=O. The largest absolute Gasteiger partial charge is 0.378 e. The van der Waals surface area contributed by atoms with E-state index < -0.39 is 24.0 Å². The van der Waals surface area contributed by atoms with Gasteiger partial charge in [0, 0.05) is 6.42 Å². The molecule has 1 aromatic carbocycles. The van der Waals surface area contributed by atoms with Gasteiger partial charge in [-0.1, -0.05) is 30.3 Å². The second-order valence-corrected chi connectivity index (χ2v) is 3.69. The summed E-state index contributed by atoms with van der Waals surface area (Å²) in [5.74, 6) is 0.793. The highest BCUT2D eigenvalue weighted by Crippen LogP contribution is 2.12. The fourth-order valence-electron chi connectivity index (χ4n) is 1.38. The number of primary amides is 1. The summed E-state index contributed by atoms with van der Waals surface area (Å²) >= 11 is 0. The minimum atomic E-state index is -1.36. The third-order valence-electron chi connectivity index (χ3n) is 2.35. The predicted octanol–water partition coefficient (Wildman–Crippen LogP) is -0.287. The highest BCUT2D eigenvalue weighted by Gasteiger charge is 2.22. The van der Waals surface area contributed by atoms with Gasteiger partial charge in [0.05, 0.1) is 0 Å². The zero-order chi connectivity index (χ0) is 13.5. The normalized spacial score (nSPS) is 13.1. The molecule has 2 amide bonds. The molecule has 2 atom stereocenters. The van der Waals surface area contributed by atoms with Crippen molar-refractivity contribution >= 4 is 11.8 Å². The molecule has 1 rings (SSSR count). The summed E-state index contributed by atoms with van der Waals surface area (Å²) in [5.41, 5.74) is 5.51. The third-order valence-corrected chi connectivity index (χ3v) is 2.35. The topological polar surface area (TPSA) is 92.4 Å². The number of nitrogens with two attached hydrogens (primary N) is 1. The van der Waals surface area contributed by atoms with E-state index >= 15 is 0 Å². The molecule has 5 nitrogen and oxygen atoms in total. The Bertz CT molecular complexity index is 465. The van der Waals surface area contributed by atoms with E-state index in [1.165, 1.54) is 0 Å². The average molecular weight is 246 g/mol. The fraction of sp³-hybridized carbons (Fsp3) is 0.231. The van der Waals surface area contributed by atoms with Crippen molar-refractivity contribution < 1.29 is 14.7 Å². The molecule has 4 N–H and O–H groups in total. The maximum absolute atomic E-state index is 11.7. The number of benzene rings is 1. The molecule has 0 saturated carbocycles. The van der Waals surface area contributed by atoms with Crippen LogP contribution in [0.15, 0.2) is 30.3 Å². The number of carbonyl (C=O) groups is 2. The van der Waals surface area contributed by atoms with E-state index in [9.17, 15) is 14.7 Å². The molecule has 0 bridgehead atoms. The van der Waals surface area contributed by atoms with Crippen molar-refractivity contribution in [3.63, 3.8) is 0 Å². The number of hydrogen-bond acceptors (Lipinski definition) is 3. The highest BCUT2D eigenvalue weighted by atomic mass is 16.3. The van der Waals surface area contributed by atoms with Crippen molar-refractivity contribution in [1.29, 1.82) is 0 Å². The first-order valence-electron chi connectivity index (χ1n) is 5.32. The molecule has 0 aromatic heterocycles. The Balaban J connectivity index is 2.70. The number of terminal acetylenes is 1. The average Bonchev–Trinajstić information content (AvgIpc) is 2.38. The first kappa shape index (κ1) is 13.7. The summed E-state index contributed by atoms with van der Waals surface area (Å²) < 4.78 is 0. The van der Waals surface area contributed by atoms with Crippen molar-refractivity contribution in [3.05, 3.63) is 35.9 Å². The van der Waals surface area contributed by atoms with Crippen molar-refractivity contribution in [1.82, 2.24) is 5.32 Å². The second kappa shape index (κ2) is 6.42. The van der Waals surface area contributed by atoms with E-state index in [0.717, 1.165) is 0 Å². The van der Waals surface area contributed by atoms with Crippen LogP contribution in [-0.4, -0.2) is 23.0 Å². The van der Waals surface area contributed by atoms with Gasteiger partial charge in [0.2, 0.25) is 5.91 Å². The van der Waals surface area contributed by atoms with Gasteiger partial charge in [-0.25, -0.2) is 0 Å². The molecule has 18 heavy (non-hydrogen) atoms. The monoisotopic (exact) mass is 246 g/mol. The van der Waals surface area contributed by atoms with Gasteiger partial charge in [0.25, 0.3) is 5.91 Å². The van der Waals surface area contributed by atoms with Crippen molar-refractivity contribution in [2.45, 2.75) is 18.6 Å². The lowest BCUT2D eigenvalue weighted by Crippen LogP contribution is -2.45. The Kier molecular flexibility index (Phi) is 4.90. The van der Waals surface area contributed by atoms with Gasteiger partial charge >= 0.3 is 0 Å². The molecule has 0 aliphatic heterocycles. The molecule has 0 radical (unpaired) electrons. The molecule has 0 fully saturated rings. The molecule has 0 unspecified atom stereocenters. The molecule has 0 aliphatic carbocycles. The maximum Gasteiger partial charge on any atom is 0.254 e. The van der Waals surface area contributed by atoms with E-state index in [1.807, 2.05) is 0 Å². The smallest absolute Gasteiger partial charge is 0.254 e. The van der Waals surface area contributed by atoms with Gasteiger partial charge in [0.1, 0.15) is 6.04 Å². The number of hydrogen-bond donors (Lipinski definition) is 3. The van der Waals surface area contributed by atoms with Gasteiger partial charge in [-0.05, 0) is 5.56 Å². The highest BCUT2D eigenvalue weighted by molar-refractivity contribution is 5.89. The Hall–Kier alpha value is -2.32. The Morgan fingerprint density at radius 1 is 1.39 bits per heavy atom. The molecule has 0 aliphatic rings. The Morgan fingerprint density at radius 3 is 2.50 bits per heavy atom. The maximum atomic E-state index is 11.7. The van der Waals surface area contributed by atoms with Crippen LogP contribution in [0.3, 0.4) is 0 Å². The third kappa shape index (κ3) is 3.61. The zero-order valence-corrected chi connectivity index (χ0v) is 9.67. The molecule has 5 heteroatoms.